The highest BCUT2D eigenvalue weighted by Gasteiger charge is 2.34. The number of ether oxygens (including phenoxy) is 1. The van der Waals surface area contributed by atoms with Gasteiger partial charge in [-0.05, 0) is 37.6 Å². The fourth-order valence-corrected chi connectivity index (χ4v) is 3.57. The van der Waals surface area contributed by atoms with Crippen molar-refractivity contribution in [3.8, 4) is 0 Å². The maximum Gasteiger partial charge on any atom is 0.240 e. The Morgan fingerprint density at radius 3 is 2.71 bits per heavy atom. The Morgan fingerprint density at radius 2 is 2.14 bits per heavy atom. The number of hydrogen-bond donors (Lipinski definition) is 2. The van der Waals surface area contributed by atoms with Crippen molar-refractivity contribution in [2.24, 2.45) is 0 Å². The fourth-order valence-electron chi connectivity index (χ4n) is 2.43. The molecule has 0 amide bonds. The third-order valence-corrected chi connectivity index (χ3v) is 4.95. The SMILES string of the molecule is COCC1(CNS(=O)(=O)c2ccc(F)c(F)c2)CCCN1. The molecule has 0 spiro atoms. The van der Waals surface area contributed by atoms with Crippen LogP contribution < -0.4 is 10.0 Å². The van der Waals surface area contributed by atoms with E-state index in [0.717, 1.165) is 31.5 Å². The van der Waals surface area contributed by atoms with E-state index in [1.807, 2.05) is 0 Å². The lowest BCUT2D eigenvalue weighted by molar-refractivity contribution is 0.122. The zero-order chi connectivity index (χ0) is 15.5. The molecular formula is C13H18F2N2O3S. The molecule has 1 aliphatic heterocycles. The average Bonchev–Trinajstić information content (AvgIpc) is 2.89. The van der Waals surface area contributed by atoms with Crippen LogP contribution in [0.3, 0.4) is 0 Å². The smallest absolute Gasteiger partial charge is 0.240 e. The van der Waals surface area contributed by atoms with Crippen LogP contribution in [0.4, 0.5) is 8.78 Å². The third-order valence-electron chi connectivity index (χ3n) is 3.55. The maximum atomic E-state index is 13.1. The van der Waals surface area contributed by atoms with Gasteiger partial charge >= 0.3 is 0 Å². The summed E-state index contributed by atoms with van der Waals surface area (Å²) in [5.41, 5.74) is -0.458. The fraction of sp³-hybridized carbons (Fsp3) is 0.538. The van der Waals surface area contributed by atoms with Crippen LogP contribution >= 0.6 is 0 Å². The maximum absolute atomic E-state index is 13.1. The van der Waals surface area contributed by atoms with E-state index in [1.165, 1.54) is 0 Å². The van der Waals surface area contributed by atoms with E-state index in [0.29, 0.717) is 12.7 Å². The minimum Gasteiger partial charge on any atom is -0.383 e. The first kappa shape index (κ1) is 16.3. The quantitative estimate of drug-likeness (QED) is 0.821. The molecule has 0 aromatic heterocycles. The van der Waals surface area contributed by atoms with Crippen molar-refractivity contribution in [2.45, 2.75) is 23.3 Å². The third kappa shape index (κ3) is 3.76. The summed E-state index contributed by atoms with van der Waals surface area (Å²) in [6.45, 7) is 1.28. The molecule has 21 heavy (non-hydrogen) atoms. The first-order valence-electron chi connectivity index (χ1n) is 6.57. The van der Waals surface area contributed by atoms with Crippen LogP contribution in [0, 0.1) is 11.6 Å². The normalized spacial score (nSPS) is 22.6. The summed E-state index contributed by atoms with van der Waals surface area (Å²) in [5.74, 6) is -2.27. The molecule has 1 fully saturated rings. The first-order chi connectivity index (χ1) is 9.88. The van der Waals surface area contributed by atoms with Crippen molar-refractivity contribution < 1.29 is 21.9 Å². The van der Waals surface area contributed by atoms with E-state index >= 15 is 0 Å². The second kappa shape index (κ2) is 6.35. The first-order valence-corrected chi connectivity index (χ1v) is 8.06. The van der Waals surface area contributed by atoms with E-state index < -0.39 is 27.2 Å². The Balaban J connectivity index is 2.11. The molecule has 1 unspecified atom stereocenters. The zero-order valence-electron chi connectivity index (χ0n) is 11.7. The highest BCUT2D eigenvalue weighted by Crippen LogP contribution is 2.20. The molecule has 0 radical (unpaired) electrons. The summed E-state index contributed by atoms with van der Waals surface area (Å²) < 4.78 is 57.8. The summed E-state index contributed by atoms with van der Waals surface area (Å²) in [4.78, 5) is -0.299. The Bertz CT molecular complexity index is 601. The molecule has 1 aliphatic rings. The number of benzene rings is 1. The highest BCUT2D eigenvalue weighted by atomic mass is 32.2. The Labute approximate surface area is 122 Å². The number of nitrogens with one attached hydrogen (secondary N) is 2. The van der Waals surface area contributed by atoms with E-state index in [2.05, 4.69) is 10.0 Å². The molecule has 0 bridgehead atoms. The van der Waals surface area contributed by atoms with Crippen LogP contribution in [0.15, 0.2) is 23.1 Å². The van der Waals surface area contributed by atoms with Crippen molar-refractivity contribution in [1.82, 2.24) is 10.0 Å². The van der Waals surface area contributed by atoms with Gasteiger partial charge in [-0.3, -0.25) is 0 Å². The molecule has 1 heterocycles. The molecule has 1 aromatic rings. The number of hydrogen-bond acceptors (Lipinski definition) is 4. The van der Waals surface area contributed by atoms with Gasteiger partial charge in [0.2, 0.25) is 10.0 Å². The van der Waals surface area contributed by atoms with E-state index in [1.54, 1.807) is 7.11 Å². The Hall–Kier alpha value is -1.09. The molecule has 1 atom stereocenters. The minimum atomic E-state index is -3.90. The van der Waals surface area contributed by atoms with Crippen LogP contribution in [0.25, 0.3) is 0 Å². The van der Waals surface area contributed by atoms with Gasteiger partial charge in [0.1, 0.15) is 0 Å². The molecule has 118 valence electrons. The van der Waals surface area contributed by atoms with Crippen molar-refractivity contribution in [3.05, 3.63) is 29.8 Å². The van der Waals surface area contributed by atoms with Gasteiger partial charge in [0, 0.05) is 13.7 Å². The number of halogens is 2. The average molecular weight is 320 g/mol. The zero-order valence-corrected chi connectivity index (χ0v) is 12.5. The molecule has 8 heteroatoms. The lowest BCUT2D eigenvalue weighted by Crippen LogP contribution is -2.52. The van der Waals surface area contributed by atoms with Gasteiger partial charge in [-0.2, -0.15) is 0 Å². The second-order valence-corrected chi connectivity index (χ2v) is 6.91. The van der Waals surface area contributed by atoms with Gasteiger partial charge in [-0.15, -0.1) is 0 Å². The van der Waals surface area contributed by atoms with E-state index in [4.69, 9.17) is 4.74 Å². The summed E-state index contributed by atoms with van der Waals surface area (Å²) >= 11 is 0. The summed E-state index contributed by atoms with van der Waals surface area (Å²) in [7, 11) is -2.35. The molecule has 2 rings (SSSR count). The van der Waals surface area contributed by atoms with Crippen LogP contribution in [-0.4, -0.2) is 40.8 Å². The Morgan fingerprint density at radius 1 is 1.38 bits per heavy atom. The molecule has 0 aliphatic carbocycles. The van der Waals surface area contributed by atoms with Gasteiger partial charge in [-0.25, -0.2) is 21.9 Å². The second-order valence-electron chi connectivity index (χ2n) is 5.14. The van der Waals surface area contributed by atoms with Crippen molar-refractivity contribution >= 4 is 10.0 Å². The molecule has 2 N–H and O–H groups in total. The number of sulfonamides is 1. The van der Waals surface area contributed by atoms with Gasteiger partial charge in [-0.1, -0.05) is 0 Å². The summed E-state index contributed by atoms with van der Waals surface area (Å²) in [5, 5.41) is 3.23. The van der Waals surface area contributed by atoms with Gasteiger partial charge in [0.25, 0.3) is 0 Å². The van der Waals surface area contributed by atoms with Gasteiger partial charge in [0.15, 0.2) is 11.6 Å². The minimum absolute atomic E-state index is 0.127. The molecule has 0 saturated carbocycles. The number of rotatable bonds is 6. The molecule has 5 nitrogen and oxygen atoms in total. The summed E-state index contributed by atoms with van der Waals surface area (Å²) in [6, 6.07) is 2.50. The predicted molar refractivity (Wildman–Crippen MR) is 73.4 cm³/mol. The van der Waals surface area contributed by atoms with E-state index in [9.17, 15) is 17.2 Å². The lowest BCUT2D eigenvalue weighted by atomic mass is 9.99. The lowest BCUT2D eigenvalue weighted by Gasteiger charge is -2.28. The monoisotopic (exact) mass is 320 g/mol. The predicted octanol–water partition coefficient (Wildman–Crippen LogP) is 1.01. The van der Waals surface area contributed by atoms with Crippen LogP contribution in [0.1, 0.15) is 12.8 Å². The van der Waals surface area contributed by atoms with Crippen LogP contribution in [-0.2, 0) is 14.8 Å². The summed E-state index contributed by atoms with van der Waals surface area (Å²) in [6.07, 6.45) is 1.71. The van der Waals surface area contributed by atoms with Crippen LogP contribution in [0.5, 0.6) is 0 Å². The van der Waals surface area contributed by atoms with Crippen LogP contribution in [0.2, 0.25) is 0 Å². The van der Waals surface area contributed by atoms with Crippen molar-refractivity contribution in [1.29, 1.82) is 0 Å². The molecule has 1 aromatic carbocycles. The largest absolute Gasteiger partial charge is 0.383 e. The number of methoxy groups -OCH3 is 1. The topological polar surface area (TPSA) is 67.4 Å². The van der Waals surface area contributed by atoms with Gasteiger partial charge < -0.3 is 10.1 Å². The Kier molecular flexibility index (Phi) is 4.92. The van der Waals surface area contributed by atoms with Gasteiger partial charge in [0.05, 0.1) is 17.0 Å². The van der Waals surface area contributed by atoms with E-state index in [-0.39, 0.29) is 11.4 Å². The molecular weight excluding hydrogens is 302 g/mol. The molecule has 1 saturated heterocycles. The van der Waals surface area contributed by atoms with Crippen molar-refractivity contribution in [2.75, 3.05) is 26.8 Å². The highest BCUT2D eigenvalue weighted by molar-refractivity contribution is 7.89. The van der Waals surface area contributed by atoms with Crippen molar-refractivity contribution in [3.63, 3.8) is 0 Å². The standard InChI is InChI=1S/C13H18F2N2O3S/c1-20-9-13(5-2-6-16-13)8-17-21(18,19)10-3-4-11(14)12(15)7-10/h3-4,7,16-17H,2,5-6,8-9H2,1H3.